The zero-order chi connectivity index (χ0) is 14.7. The number of hydrogen-bond donors (Lipinski definition) is 1. The van der Waals surface area contributed by atoms with Crippen LogP contribution in [0.3, 0.4) is 0 Å². The minimum Gasteiger partial charge on any atom is -0.372 e. The summed E-state index contributed by atoms with van der Waals surface area (Å²) in [5.41, 5.74) is 2.60. The maximum Gasteiger partial charge on any atom is 0.161 e. The molecule has 1 unspecified atom stereocenters. The largest absolute Gasteiger partial charge is 0.372 e. The topological polar surface area (TPSA) is 27.6 Å². The molecule has 1 aromatic carbocycles. The SMILES string of the molecule is CCC1(C)CCSC(Nc2ccc(N3CCCC3)cc2)=N1. The number of anilines is 2. The number of rotatable bonds is 3. The first-order valence-corrected chi connectivity index (χ1v) is 9.02. The molecule has 3 nitrogen and oxygen atoms in total. The highest BCUT2D eigenvalue weighted by Crippen LogP contribution is 2.30. The van der Waals surface area contributed by atoms with Crippen molar-refractivity contribution < 1.29 is 0 Å². The Labute approximate surface area is 132 Å². The van der Waals surface area contributed by atoms with Crippen LogP contribution in [0, 0.1) is 0 Å². The molecule has 1 aromatic rings. The van der Waals surface area contributed by atoms with Crippen molar-refractivity contribution in [1.29, 1.82) is 0 Å². The second-order valence-electron chi connectivity index (χ2n) is 6.23. The molecule has 1 fully saturated rings. The van der Waals surface area contributed by atoms with Crippen LogP contribution in [0.15, 0.2) is 29.3 Å². The molecule has 114 valence electrons. The monoisotopic (exact) mass is 303 g/mol. The van der Waals surface area contributed by atoms with Gasteiger partial charge in [0.15, 0.2) is 5.17 Å². The Kier molecular flexibility index (Phi) is 4.43. The highest BCUT2D eigenvalue weighted by Gasteiger charge is 2.25. The molecule has 0 saturated carbocycles. The lowest BCUT2D eigenvalue weighted by atomic mass is 9.97. The first-order valence-electron chi connectivity index (χ1n) is 8.03. The number of thioether (sulfide) groups is 1. The average molecular weight is 303 g/mol. The molecule has 1 atom stereocenters. The van der Waals surface area contributed by atoms with E-state index in [0.717, 1.165) is 23.0 Å². The van der Waals surface area contributed by atoms with Crippen molar-refractivity contribution in [3.63, 3.8) is 0 Å². The predicted molar refractivity (Wildman–Crippen MR) is 94.7 cm³/mol. The van der Waals surface area contributed by atoms with Gasteiger partial charge < -0.3 is 10.2 Å². The molecule has 0 aromatic heterocycles. The van der Waals surface area contributed by atoms with Gasteiger partial charge in [-0.05, 0) is 56.9 Å². The van der Waals surface area contributed by atoms with Gasteiger partial charge in [0, 0.05) is 30.2 Å². The van der Waals surface area contributed by atoms with Gasteiger partial charge in [0.2, 0.25) is 0 Å². The van der Waals surface area contributed by atoms with E-state index >= 15 is 0 Å². The fraction of sp³-hybridized carbons (Fsp3) is 0.588. The molecule has 0 amide bonds. The van der Waals surface area contributed by atoms with Crippen LogP contribution >= 0.6 is 11.8 Å². The van der Waals surface area contributed by atoms with Crippen LogP contribution in [0.5, 0.6) is 0 Å². The highest BCUT2D eigenvalue weighted by atomic mass is 32.2. The third kappa shape index (κ3) is 3.54. The Morgan fingerprint density at radius 2 is 1.95 bits per heavy atom. The van der Waals surface area contributed by atoms with E-state index < -0.39 is 0 Å². The van der Waals surface area contributed by atoms with Crippen molar-refractivity contribution in [3.05, 3.63) is 24.3 Å². The minimum absolute atomic E-state index is 0.114. The lowest BCUT2D eigenvalue weighted by Crippen LogP contribution is -2.29. The average Bonchev–Trinajstić information content (AvgIpc) is 3.02. The second-order valence-corrected chi connectivity index (χ2v) is 7.32. The summed E-state index contributed by atoms with van der Waals surface area (Å²) in [5.74, 6) is 1.15. The molecule has 2 heterocycles. The molecule has 0 radical (unpaired) electrons. The number of nitrogens with zero attached hydrogens (tertiary/aromatic N) is 2. The minimum atomic E-state index is 0.114. The first kappa shape index (κ1) is 14.8. The highest BCUT2D eigenvalue weighted by molar-refractivity contribution is 8.14. The third-order valence-corrected chi connectivity index (χ3v) is 5.48. The molecule has 4 heteroatoms. The molecule has 0 bridgehead atoms. The molecule has 1 N–H and O–H groups in total. The normalized spacial score (nSPS) is 25.8. The molecule has 2 aliphatic heterocycles. The fourth-order valence-corrected chi connectivity index (χ4v) is 4.09. The van der Waals surface area contributed by atoms with E-state index in [4.69, 9.17) is 4.99 Å². The summed E-state index contributed by atoms with van der Waals surface area (Å²) in [4.78, 5) is 7.35. The van der Waals surface area contributed by atoms with Crippen molar-refractivity contribution in [2.24, 2.45) is 4.99 Å². The number of hydrogen-bond acceptors (Lipinski definition) is 4. The maximum absolute atomic E-state index is 4.89. The molecule has 21 heavy (non-hydrogen) atoms. The van der Waals surface area contributed by atoms with Gasteiger partial charge in [0.1, 0.15) is 0 Å². The van der Waals surface area contributed by atoms with Gasteiger partial charge in [-0.2, -0.15) is 0 Å². The summed E-state index contributed by atoms with van der Waals surface area (Å²) in [7, 11) is 0. The van der Waals surface area contributed by atoms with Crippen molar-refractivity contribution in [3.8, 4) is 0 Å². The van der Waals surface area contributed by atoms with Gasteiger partial charge in [-0.25, -0.2) is 0 Å². The smallest absolute Gasteiger partial charge is 0.161 e. The summed E-state index contributed by atoms with van der Waals surface area (Å²) in [6.45, 7) is 6.88. The standard InChI is InChI=1S/C17H25N3S/c1-3-17(2)10-13-21-16(19-17)18-14-6-8-15(9-7-14)20-11-4-5-12-20/h6-9H,3-5,10-13H2,1-2H3,(H,18,19). The Balaban J connectivity index is 1.67. The number of aliphatic imine (C=N–C) groups is 1. The van der Waals surface area contributed by atoms with E-state index in [-0.39, 0.29) is 5.54 Å². The number of amidine groups is 1. The van der Waals surface area contributed by atoms with Crippen LogP contribution in [0.25, 0.3) is 0 Å². The second kappa shape index (κ2) is 6.30. The van der Waals surface area contributed by atoms with Crippen LogP contribution < -0.4 is 10.2 Å². The van der Waals surface area contributed by atoms with Gasteiger partial charge in [-0.1, -0.05) is 18.7 Å². The van der Waals surface area contributed by atoms with E-state index in [1.807, 2.05) is 11.8 Å². The summed E-state index contributed by atoms with van der Waals surface area (Å²) >= 11 is 1.83. The van der Waals surface area contributed by atoms with E-state index in [2.05, 4.69) is 48.3 Å². The van der Waals surface area contributed by atoms with Crippen LogP contribution in [-0.2, 0) is 0 Å². The molecule has 0 aliphatic carbocycles. The summed E-state index contributed by atoms with van der Waals surface area (Å²) in [5, 5.41) is 4.55. The van der Waals surface area contributed by atoms with Crippen LogP contribution in [-0.4, -0.2) is 29.5 Å². The van der Waals surface area contributed by atoms with Gasteiger partial charge in [-0.3, -0.25) is 4.99 Å². The predicted octanol–water partition coefficient (Wildman–Crippen LogP) is 4.36. The van der Waals surface area contributed by atoms with Crippen LogP contribution in [0.4, 0.5) is 11.4 Å². The van der Waals surface area contributed by atoms with Crippen molar-refractivity contribution in [2.45, 2.75) is 45.1 Å². The lowest BCUT2D eigenvalue weighted by molar-refractivity contribution is 0.443. The molecular formula is C17H25N3S. The van der Waals surface area contributed by atoms with Crippen molar-refractivity contribution in [1.82, 2.24) is 0 Å². The van der Waals surface area contributed by atoms with Crippen LogP contribution in [0.1, 0.15) is 39.5 Å². The molecule has 0 spiro atoms. The van der Waals surface area contributed by atoms with E-state index in [0.29, 0.717) is 0 Å². The van der Waals surface area contributed by atoms with Gasteiger partial charge in [0.25, 0.3) is 0 Å². The Bertz CT molecular complexity index is 505. The van der Waals surface area contributed by atoms with Gasteiger partial charge in [-0.15, -0.1) is 0 Å². The number of benzene rings is 1. The summed E-state index contributed by atoms with van der Waals surface area (Å²) < 4.78 is 0. The third-order valence-electron chi connectivity index (χ3n) is 4.60. The van der Waals surface area contributed by atoms with Crippen molar-refractivity contribution in [2.75, 3.05) is 29.1 Å². The molecular weight excluding hydrogens is 278 g/mol. The quantitative estimate of drug-likeness (QED) is 0.899. The Morgan fingerprint density at radius 3 is 2.62 bits per heavy atom. The molecule has 1 saturated heterocycles. The fourth-order valence-electron chi connectivity index (χ4n) is 2.88. The Morgan fingerprint density at radius 1 is 1.24 bits per heavy atom. The van der Waals surface area contributed by atoms with E-state index in [9.17, 15) is 0 Å². The molecule has 3 rings (SSSR count). The van der Waals surface area contributed by atoms with Gasteiger partial charge >= 0.3 is 0 Å². The summed E-state index contributed by atoms with van der Waals surface area (Å²) in [6.07, 6.45) is 4.92. The van der Waals surface area contributed by atoms with Crippen molar-refractivity contribution >= 4 is 28.3 Å². The number of nitrogens with one attached hydrogen (secondary N) is 1. The molecule has 2 aliphatic rings. The Hall–Kier alpha value is -1.16. The summed E-state index contributed by atoms with van der Waals surface area (Å²) in [6, 6.07) is 8.80. The zero-order valence-electron chi connectivity index (χ0n) is 13.1. The van der Waals surface area contributed by atoms with Gasteiger partial charge in [0.05, 0.1) is 5.54 Å². The van der Waals surface area contributed by atoms with E-state index in [1.165, 1.54) is 38.0 Å². The maximum atomic E-state index is 4.89. The first-order chi connectivity index (χ1) is 10.2. The van der Waals surface area contributed by atoms with E-state index in [1.54, 1.807) is 0 Å². The van der Waals surface area contributed by atoms with Crippen LogP contribution in [0.2, 0.25) is 0 Å². The zero-order valence-corrected chi connectivity index (χ0v) is 13.9. The lowest BCUT2D eigenvalue weighted by Gasteiger charge is -2.29.